The molecule has 0 amide bonds. The molecule has 1 saturated heterocycles. The molecule has 2 heterocycles. The van der Waals surface area contributed by atoms with E-state index in [9.17, 15) is 0 Å². The first-order chi connectivity index (χ1) is 13.2. The van der Waals surface area contributed by atoms with Crippen molar-refractivity contribution < 1.29 is 23.5 Å². The highest BCUT2D eigenvalue weighted by Crippen LogP contribution is 2.43. The molecule has 0 saturated carbocycles. The van der Waals surface area contributed by atoms with Gasteiger partial charge in [0.15, 0.2) is 11.5 Å². The number of aromatic nitrogens is 2. The van der Waals surface area contributed by atoms with Gasteiger partial charge >= 0.3 is 0 Å². The van der Waals surface area contributed by atoms with Gasteiger partial charge in [-0.15, -0.1) is 0 Å². The summed E-state index contributed by atoms with van der Waals surface area (Å²) < 4.78 is 27.1. The molecule has 1 aliphatic rings. The monoisotopic (exact) mass is 377 g/mol. The maximum atomic E-state index is 5.52. The Kier molecular flexibility index (Phi) is 6.52. The van der Waals surface area contributed by atoms with Crippen molar-refractivity contribution in [3.8, 4) is 28.6 Å². The lowest BCUT2D eigenvalue weighted by atomic mass is 10.0. The topological polar surface area (TPSA) is 79.1 Å². The summed E-state index contributed by atoms with van der Waals surface area (Å²) >= 11 is 0. The van der Waals surface area contributed by atoms with Crippen molar-refractivity contribution in [2.75, 3.05) is 41.6 Å². The van der Waals surface area contributed by atoms with E-state index in [1.165, 1.54) is 12.8 Å². The van der Waals surface area contributed by atoms with Gasteiger partial charge in [-0.1, -0.05) is 11.6 Å². The molecule has 0 spiro atoms. The minimum atomic E-state index is 0.384. The highest BCUT2D eigenvalue weighted by atomic mass is 16.5. The van der Waals surface area contributed by atoms with Crippen LogP contribution in [0.15, 0.2) is 16.7 Å². The third-order valence-electron chi connectivity index (χ3n) is 4.86. The second-order valence-electron chi connectivity index (χ2n) is 6.47. The Balaban J connectivity index is 1.83. The average molecular weight is 377 g/mol. The van der Waals surface area contributed by atoms with Gasteiger partial charge in [0.05, 0.1) is 40.0 Å². The van der Waals surface area contributed by atoms with Crippen molar-refractivity contribution in [3.05, 3.63) is 18.0 Å². The predicted molar refractivity (Wildman–Crippen MR) is 99.3 cm³/mol. The number of nitrogens with zero attached hydrogens (tertiary/aromatic N) is 3. The highest BCUT2D eigenvalue weighted by molar-refractivity contribution is 5.71. The molecule has 0 radical (unpaired) electrons. The summed E-state index contributed by atoms with van der Waals surface area (Å²) in [6, 6.07) is 4.02. The molecule has 1 fully saturated rings. The third-order valence-corrected chi connectivity index (χ3v) is 4.86. The second-order valence-corrected chi connectivity index (χ2v) is 6.47. The van der Waals surface area contributed by atoms with Gasteiger partial charge in [0, 0.05) is 13.2 Å². The van der Waals surface area contributed by atoms with E-state index in [4.69, 9.17) is 23.5 Å². The van der Waals surface area contributed by atoms with Crippen LogP contribution in [0, 0.1) is 0 Å². The summed E-state index contributed by atoms with van der Waals surface area (Å²) in [5, 5.41) is 4.14. The van der Waals surface area contributed by atoms with Crippen molar-refractivity contribution in [2.45, 2.75) is 31.8 Å². The molecular weight excluding hydrogens is 350 g/mol. The first-order valence-electron chi connectivity index (χ1n) is 9.06. The molecule has 8 nitrogen and oxygen atoms in total. The predicted octanol–water partition coefficient (Wildman–Crippen LogP) is 2.76. The molecule has 1 aromatic carbocycles. The zero-order valence-corrected chi connectivity index (χ0v) is 16.4. The Morgan fingerprint density at radius 3 is 2.59 bits per heavy atom. The fourth-order valence-electron chi connectivity index (χ4n) is 3.53. The number of likely N-dealkylation sites (tertiary alicyclic amines) is 1. The largest absolute Gasteiger partial charge is 0.493 e. The lowest BCUT2D eigenvalue weighted by molar-refractivity contribution is 0.0532. The number of ether oxygens (including phenoxy) is 4. The SMILES string of the molecule is COCC1CCCCN1Cc1nc(-c2ccc(OC)c(OC)c2OC)no1. The van der Waals surface area contributed by atoms with Gasteiger partial charge in [-0.25, -0.2) is 0 Å². The molecule has 1 aromatic heterocycles. The maximum Gasteiger partial charge on any atom is 0.241 e. The lowest BCUT2D eigenvalue weighted by Gasteiger charge is -2.34. The fourth-order valence-corrected chi connectivity index (χ4v) is 3.53. The van der Waals surface area contributed by atoms with E-state index < -0.39 is 0 Å². The van der Waals surface area contributed by atoms with Crippen molar-refractivity contribution in [3.63, 3.8) is 0 Å². The summed E-state index contributed by atoms with van der Waals surface area (Å²) in [6.45, 7) is 2.33. The van der Waals surface area contributed by atoms with Crippen LogP contribution in [-0.2, 0) is 11.3 Å². The van der Waals surface area contributed by atoms with Crippen LogP contribution in [0.5, 0.6) is 17.2 Å². The Labute approximate surface area is 159 Å². The van der Waals surface area contributed by atoms with Gasteiger partial charge < -0.3 is 23.5 Å². The maximum absolute atomic E-state index is 5.52. The lowest BCUT2D eigenvalue weighted by Crippen LogP contribution is -2.41. The molecule has 1 unspecified atom stereocenters. The summed E-state index contributed by atoms with van der Waals surface area (Å²) in [5.74, 6) is 2.63. The van der Waals surface area contributed by atoms with Crippen LogP contribution in [0.2, 0.25) is 0 Å². The highest BCUT2D eigenvalue weighted by Gasteiger charge is 2.25. The Bertz CT molecular complexity index is 747. The fraction of sp³-hybridized carbons (Fsp3) is 0.579. The Morgan fingerprint density at radius 1 is 1.07 bits per heavy atom. The number of hydrogen-bond donors (Lipinski definition) is 0. The van der Waals surface area contributed by atoms with Crippen LogP contribution in [0.3, 0.4) is 0 Å². The van der Waals surface area contributed by atoms with Crippen molar-refractivity contribution in [2.24, 2.45) is 0 Å². The molecular formula is C19H27N3O5. The van der Waals surface area contributed by atoms with Gasteiger partial charge in [-0.05, 0) is 31.5 Å². The van der Waals surface area contributed by atoms with Crippen LogP contribution in [0.1, 0.15) is 25.2 Å². The number of piperidine rings is 1. The number of hydrogen-bond acceptors (Lipinski definition) is 8. The molecule has 0 N–H and O–H groups in total. The normalized spacial score (nSPS) is 17.7. The summed E-state index contributed by atoms with van der Waals surface area (Å²) in [7, 11) is 6.46. The van der Waals surface area contributed by atoms with Gasteiger partial charge in [-0.2, -0.15) is 4.98 Å². The summed E-state index contributed by atoms with van der Waals surface area (Å²) in [6.07, 6.45) is 3.52. The molecule has 2 aromatic rings. The van der Waals surface area contributed by atoms with Crippen LogP contribution < -0.4 is 14.2 Å². The van der Waals surface area contributed by atoms with Crippen molar-refractivity contribution >= 4 is 0 Å². The van der Waals surface area contributed by atoms with E-state index in [2.05, 4.69) is 15.0 Å². The summed E-state index contributed by atoms with van der Waals surface area (Å²) in [4.78, 5) is 6.92. The number of methoxy groups -OCH3 is 4. The molecule has 27 heavy (non-hydrogen) atoms. The smallest absolute Gasteiger partial charge is 0.241 e. The zero-order chi connectivity index (χ0) is 19.2. The molecule has 1 atom stereocenters. The standard InChI is InChI=1S/C19H27N3O5/c1-23-12-13-7-5-6-10-22(13)11-16-20-19(21-27-16)14-8-9-15(24-2)18(26-4)17(14)25-3/h8-9,13H,5-7,10-12H2,1-4H3. The average Bonchev–Trinajstić information content (AvgIpc) is 3.16. The third kappa shape index (κ3) is 4.17. The minimum Gasteiger partial charge on any atom is -0.493 e. The molecule has 0 aliphatic carbocycles. The second kappa shape index (κ2) is 9.05. The van der Waals surface area contributed by atoms with E-state index in [0.717, 1.165) is 13.0 Å². The minimum absolute atomic E-state index is 0.384. The Hall–Kier alpha value is -2.32. The summed E-state index contributed by atoms with van der Waals surface area (Å²) in [5.41, 5.74) is 0.692. The van der Waals surface area contributed by atoms with E-state index in [0.29, 0.717) is 53.7 Å². The molecule has 0 bridgehead atoms. The number of benzene rings is 1. The zero-order valence-electron chi connectivity index (χ0n) is 16.4. The van der Waals surface area contributed by atoms with Crippen LogP contribution in [0.4, 0.5) is 0 Å². The Morgan fingerprint density at radius 2 is 1.89 bits per heavy atom. The van der Waals surface area contributed by atoms with Crippen molar-refractivity contribution in [1.82, 2.24) is 15.0 Å². The van der Waals surface area contributed by atoms with E-state index in [1.807, 2.05) is 6.07 Å². The van der Waals surface area contributed by atoms with Gasteiger partial charge in [0.25, 0.3) is 0 Å². The van der Waals surface area contributed by atoms with Crippen molar-refractivity contribution in [1.29, 1.82) is 0 Å². The molecule has 8 heteroatoms. The van der Waals surface area contributed by atoms with Crippen LogP contribution in [-0.4, -0.2) is 62.7 Å². The van der Waals surface area contributed by atoms with E-state index in [1.54, 1.807) is 34.5 Å². The first kappa shape index (κ1) is 19.4. The van der Waals surface area contributed by atoms with E-state index in [-0.39, 0.29) is 0 Å². The van der Waals surface area contributed by atoms with Crippen LogP contribution in [0.25, 0.3) is 11.4 Å². The van der Waals surface area contributed by atoms with Gasteiger partial charge in [0.2, 0.25) is 17.5 Å². The molecule has 148 valence electrons. The van der Waals surface area contributed by atoms with Gasteiger partial charge in [0.1, 0.15) is 0 Å². The first-order valence-corrected chi connectivity index (χ1v) is 9.06. The van der Waals surface area contributed by atoms with E-state index >= 15 is 0 Å². The molecule has 3 rings (SSSR count). The van der Waals surface area contributed by atoms with Gasteiger partial charge in [-0.3, -0.25) is 4.90 Å². The van der Waals surface area contributed by atoms with Crippen LogP contribution >= 0.6 is 0 Å². The molecule has 1 aliphatic heterocycles. The number of rotatable bonds is 8. The quantitative estimate of drug-likeness (QED) is 0.695.